The lowest BCUT2D eigenvalue weighted by molar-refractivity contribution is 0.223. The predicted molar refractivity (Wildman–Crippen MR) is 78.8 cm³/mol. The molecule has 0 aliphatic rings. The number of rotatable bonds is 7. The van der Waals surface area contributed by atoms with Gasteiger partial charge in [0.25, 0.3) is 0 Å². The summed E-state index contributed by atoms with van der Waals surface area (Å²) in [4.78, 5) is 2.28. The predicted octanol–water partition coefficient (Wildman–Crippen LogP) is 2.29. The minimum absolute atomic E-state index is 0.196. The molecule has 2 N–H and O–H groups in total. The zero-order valence-electron chi connectivity index (χ0n) is 12.6. The smallest absolute Gasteiger partial charge is 0.161 e. The third-order valence-corrected chi connectivity index (χ3v) is 3.20. The minimum Gasteiger partial charge on any atom is -0.493 e. The number of ether oxygens (including phenoxy) is 2. The third kappa shape index (κ3) is 4.11. The van der Waals surface area contributed by atoms with Gasteiger partial charge in [0.1, 0.15) is 0 Å². The molecule has 0 aliphatic carbocycles. The second-order valence-corrected chi connectivity index (χ2v) is 5.20. The monoisotopic (exact) mass is 266 g/mol. The first-order valence-electron chi connectivity index (χ1n) is 6.65. The lowest BCUT2D eigenvalue weighted by Crippen LogP contribution is -2.33. The molecule has 0 radical (unpaired) electrons. The van der Waals surface area contributed by atoms with E-state index in [1.807, 2.05) is 12.1 Å². The Morgan fingerprint density at radius 1 is 1.16 bits per heavy atom. The van der Waals surface area contributed by atoms with Gasteiger partial charge in [-0.1, -0.05) is 19.9 Å². The number of nitrogens with zero attached hydrogens (tertiary/aromatic N) is 1. The van der Waals surface area contributed by atoms with Crippen LogP contribution in [0.15, 0.2) is 18.2 Å². The van der Waals surface area contributed by atoms with Crippen molar-refractivity contribution in [3.63, 3.8) is 0 Å². The van der Waals surface area contributed by atoms with E-state index in [0.717, 1.165) is 23.6 Å². The molecule has 108 valence electrons. The van der Waals surface area contributed by atoms with Crippen LogP contribution in [0.1, 0.15) is 25.5 Å². The second kappa shape index (κ2) is 7.36. The van der Waals surface area contributed by atoms with Crippen LogP contribution in [-0.2, 0) is 0 Å². The molecule has 1 rings (SSSR count). The molecule has 0 saturated carbocycles. The average molecular weight is 266 g/mol. The summed E-state index contributed by atoms with van der Waals surface area (Å²) < 4.78 is 10.6. The van der Waals surface area contributed by atoms with E-state index in [-0.39, 0.29) is 6.04 Å². The molecule has 0 aromatic heterocycles. The molecule has 4 nitrogen and oxygen atoms in total. The van der Waals surface area contributed by atoms with Crippen LogP contribution in [0.3, 0.4) is 0 Å². The van der Waals surface area contributed by atoms with E-state index in [4.69, 9.17) is 15.2 Å². The number of likely N-dealkylation sites (N-methyl/N-ethyl adjacent to an activating group) is 1. The molecule has 0 heterocycles. The van der Waals surface area contributed by atoms with Crippen molar-refractivity contribution in [2.75, 3.05) is 34.4 Å². The van der Waals surface area contributed by atoms with Crippen LogP contribution in [-0.4, -0.2) is 39.3 Å². The Bertz CT molecular complexity index is 394. The molecule has 1 unspecified atom stereocenters. The zero-order valence-corrected chi connectivity index (χ0v) is 12.6. The Labute approximate surface area is 116 Å². The van der Waals surface area contributed by atoms with Crippen molar-refractivity contribution in [1.82, 2.24) is 4.90 Å². The SMILES string of the molecule is COc1ccc(C(CN)N(C)CC(C)C)cc1OC. The van der Waals surface area contributed by atoms with Crippen LogP contribution in [0.2, 0.25) is 0 Å². The molecular weight excluding hydrogens is 240 g/mol. The molecule has 1 atom stereocenters. The van der Waals surface area contributed by atoms with E-state index in [1.165, 1.54) is 0 Å². The van der Waals surface area contributed by atoms with Gasteiger partial charge < -0.3 is 15.2 Å². The maximum absolute atomic E-state index is 5.93. The van der Waals surface area contributed by atoms with Crippen molar-refractivity contribution in [2.24, 2.45) is 11.7 Å². The number of benzene rings is 1. The Morgan fingerprint density at radius 2 is 1.79 bits per heavy atom. The van der Waals surface area contributed by atoms with Gasteiger partial charge >= 0.3 is 0 Å². The number of hydrogen-bond acceptors (Lipinski definition) is 4. The van der Waals surface area contributed by atoms with Crippen LogP contribution in [0.5, 0.6) is 11.5 Å². The highest BCUT2D eigenvalue weighted by Gasteiger charge is 2.18. The van der Waals surface area contributed by atoms with E-state index in [0.29, 0.717) is 12.5 Å². The molecule has 4 heteroatoms. The van der Waals surface area contributed by atoms with Crippen LogP contribution in [0.25, 0.3) is 0 Å². The third-order valence-electron chi connectivity index (χ3n) is 3.20. The first-order valence-corrected chi connectivity index (χ1v) is 6.65. The normalized spacial score (nSPS) is 12.8. The molecule has 1 aromatic carbocycles. The highest BCUT2D eigenvalue weighted by molar-refractivity contribution is 5.43. The minimum atomic E-state index is 0.196. The van der Waals surface area contributed by atoms with Gasteiger partial charge in [-0.25, -0.2) is 0 Å². The zero-order chi connectivity index (χ0) is 14.4. The summed E-state index contributed by atoms with van der Waals surface area (Å²) in [5.74, 6) is 2.10. The van der Waals surface area contributed by atoms with Crippen molar-refractivity contribution in [3.8, 4) is 11.5 Å². The first-order chi connectivity index (χ1) is 9.03. The second-order valence-electron chi connectivity index (χ2n) is 5.20. The Kier molecular flexibility index (Phi) is 6.12. The average Bonchev–Trinajstić information content (AvgIpc) is 2.38. The number of hydrogen-bond donors (Lipinski definition) is 1. The molecule has 1 aromatic rings. The Morgan fingerprint density at radius 3 is 2.26 bits per heavy atom. The maximum atomic E-state index is 5.93. The first kappa shape index (κ1) is 15.8. The molecule has 0 spiro atoms. The number of nitrogens with two attached hydrogens (primary N) is 1. The fourth-order valence-corrected chi connectivity index (χ4v) is 2.33. The van der Waals surface area contributed by atoms with Crippen molar-refractivity contribution in [3.05, 3.63) is 23.8 Å². The molecule has 0 amide bonds. The van der Waals surface area contributed by atoms with Gasteiger partial charge in [0, 0.05) is 19.1 Å². The van der Waals surface area contributed by atoms with Crippen LogP contribution >= 0.6 is 0 Å². The van der Waals surface area contributed by atoms with E-state index < -0.39 is 0 Å². The fraction of sp³-hybridized carbons (Fsp3) is 0.600. The van der Waals surface area contributed by atoms with E-state index in [2.05, 4.69) is 31.9 Å². The summed E-state index contributed by atoms with van der Waals surface area (Å²) >= 11 is 0. The Hall–Kier alpha value is -1.26. The van der Waals surface area contributed by atoms with E-state index >= 15 is 0 Å². The summed E-state index contributed by atoms with van der Waals surface area (Å²) in [5.41, 5.74) is 7.09. The van der Waals surface area contributed by atoms with Crippen LogP contribution in [0, 0.1) is 5.92 Å². The molecule has 0 fully saturated rings. The lowest BCUT2D eigenvalue weighted by Gasteiger charge is -2.29. The largest absolute Gasteiger partial charge is 0.493 e. The highest BCUT2D eigenvalue weighted by Crippen LogP contribution is 2.31. The van der Waals surface area contributed by atoms with Gasteiger partial charge in [0.15, 0.2) is 11.5 Å². The fourth-order valence-electron chi connectivity index (χ4n) is 2.33. The highest BCUT2D eigenvalue weighted by atomic mass is 16.5. The van der Waals surface area contributed by atoms with Gasteiger partial charge in [-0.15, -0.1) is 0 Å². The molecule has 0 bridgehead atoms. The van der Waals surface area contributed by atoms with Crippen molar-refractivity contribution < 1.29 is 9.47 Å². The Balaban J connectivity index is 2.98. The van der Waals surface area contributed by atoms with Crippen LogP contribution < -0.4 is 15.2 Å². The summed E-state index contributed by atoms with van der Waals surface area (Å²) in [5, 5.41) is 0. The molecular formula is C15H26N2O2. The topological polar surface area (TPSA) is 47.7 Å². The number of methoxy groups -OCH3 is 2. The maximum Gasteiger partial charge on any atom is 0.161 e. The summed E-state index contributed by atoms with van der Waals surface area (Å²) in [6.45, 7) is 6.01. The van der Waals surface area contributed by atoms with Gasteiger partial charge in [-0.2, -0.15) is 0 Å². The quantitative estimate of drug-likeness (QED) is 0.822. The van der Waals surface area contributed by atoms with Gasteiger partial charge in [-0.05, 0) is 30.7 Å². The lowest BCUT2D eigenvalue weighted by atomic mass is 10.0. The van der Waals surface area contributed by atoms with Crippen LogP contribution in [0.4, 0.5) is 0 Å². The van der Waals surface area contributed by atoms with Crippen molar-refractivity contribution >= 4 is 0 Å². The molecule has 0 aliphatic heterocycles. The van der Waals surface area contributed by atoms with Crippen molar-refractivity contribution in [2.45, 2.75) is 19.9 Å². The standard InChI is InChI=1S/C15H26N2O2/c1-11(2)10-17(3)13(9-16)12-6-7-14(18-4)15(8-12)19-5/h6-8,11,13H,9-10,16H2,1-5H3. The van der Waals surface area contributed by atoms with Gasteiger partial charge in [-0.3, -0.25) is 4.90 Å². The van der Waals surface area contributed by atoms with Gasteiger partial charge in [0.05, 0.1) is 14.2 Å². The van der Waals surface area contributed by atoms with Crippen molar-refractivity contribution in [1.29, 1.82) is 0 Å². The summed E-state index contributed by atoms with van der Waals surface area (Å²) in [6.07, 6.45) is 0. The molecule has 19 heavy (non-hydrogen) atoms. The summed E-state index contributed by atoms with van der Waals surface area (Å²) in [6, 6.07) is 6.19. The van der Waals surface area contributed by atoms with E-state index in [1.54, 1.807) is 14.2 Å². The summed E-state index contributed by atoms with van der Waals surface area (Å²) in [7, 11) is 5.40. The molecule has 0 saturated heterocycles. The van der Waals surface area contributed by atoms with Gasteiger partial charge in [0.2, 0.25) is 0 Å². The van der Waals surface area contributed by atoms with E-state index in [9.17, 15) is 0 Å².